The van der Waals surface area contributed by atoms with E-state index in [0.29, 0.717) is 0 Å². The van der Waals surface area contributed by atoms with E-state index >= 15 is 0 Å². The minimum absolute atomic E-state index is 0.00546. The second-order valence-corrected chi connectivity index (χ2v) is 16.1. The largest absolute Gasteiger partial charge is 0.495 e. The average Bonchev–Trinajstić information content (AvgIpc) is 3.46. The van der Waals surface area contributed by atoms with Crippen molar-refractivity contribution in [2.45, 2.75) is 144 Å². The van der Waals surface area contributed by atoms with Crippen molar-refractivity contribution in [3.05, 3.63) is 81.4 Å². The van der Waals surface area contributed by atoms with Crippen molar-refractivity contribution in [2.75, 3.05) is 0 Å². The molecule has 2 saturated heterocycles. The normalized spacial score (nSPS) is 24.0. The van der Waals surface area contributed by atoms with Crippen LogP contribution in [0, 0.1) is 20.8 Å². The number of aryl methyl sites for hydroxylation is 4. The molecular formula is C40H54B2O4. The summed E-state index contributed by atoms with van der Waals surface area (Å²) in [5.41, 5.74) is 12.3. The molecule has 46 heavy (non-hydrogen) atoms. The Bertz CT molecular complexity index is 1640. The fourth-order valence-electron chi connectivity index (χ4n) is 7.59. The number of fused-ring (bicyclic) bond motifs is 3. The molecule has 3 aromatic rings. The Balaban J connectivity index is 1.53. The van der Waals surface area contributed by atoms with Gasteiger partial charge in [-0.05, 0) is 133 Å². The maximum Gasteiger partial charge on any atom is 0.495 e. The van der Waals surface area contributed by atoms with Crippen LogP contribution in [0.3, 0.4) is 0 Å². The van der Waals surface area contributed by atoms with E-state index in [-0.39, 0.29) is 17.1 Å². The molecule has 2 unspecified atom stereocenters. The van der Waals surface area contributed by atoms with Crippen molar-refractivity contribution < 1.29 is 18.6 Å². The smallest absolute Gasteiger partial charge is 0.402 e. The van der Waals surface area contributed by atoms with E-state index in [1.54, 1.807) is 0 Å². The number of hydrogen-bond donors (Lipinski definition) is 0. The summed E-state index contributed by atoms with van der Waals surface area (Å²) in [4.78, 5) is 0. The number of unbranched alkanes of at least 4 members (excludes halogenated alkanes) is 3. The lowest BCUT2D eigenvalue weighted by molar-refractivity contribution is 0.00578. The molecule has 1 aliphatic carbocycles. The molecule has 2 atom stereocenters. The van der Waals surface area contributed by atoms with E-state index in [2.05, 4.69) is 126 Å². The van der Waals surface area contributed by atoms with Crippen LogP contribution >= 0.6 is 0 Å². The molecule has 2 heterocycles. The van der Waals surface area contributed by atoms with Gasteiger partial charge in [-0.2, -0.15) is 0 Å². The molecule has 0 aromatic heterocycles. The van der Waals surface area contributed by atoms with Crippen LogP contribution in [0.25, 0.3) is 11.1 Å². The zero-order valence-electron chi connectivity index (χ0n) is 30.4. The molecule has 0 spiro atoms. The topological polar surface area (TPSA) is 36.9 Å². The van der Waals surface area contributed by atoms with Gasteiger partial charge in [0.1, 0.15) is 0 Å². The van der Waals surface area contributed by atoms with Gasteiger partial charge in [0.25, 0.3) is 0 Å². The molecule has 6 rings (SSSR count). The monoisotopic (exact) mass is 620 g/mol. The van der Waals surface area contributed by atoms with Crippen LogP contribution < -0.4 is 10.9 Å². The van der Waals surface area contributed by atoms with Crippen molar-refractivity contribution in [1.82, 2.24) is 0 Å². The molecule has 2 aliphatic heterocycles. The first-order chi connectivity index (χ1) is 21.5. The lowest BCUT2D eigenvalue weighted by atomic mass is 9.68. The zero-order chi connectivity index (χ0) is 33.4. The maximum absolute atomic E-state index is 6.62. The molecule has 244 valence electrons. The number of benzene rings is 3. The summed E-state index contributed by atoms with van der Waals surface area (Å²) < 4.78 is 26.2. The van der Waals surface area contributed by atoms with E-state index in [0.717, 1.165) is 17.3 Å². The van der Waals surface area contributed by atoms with Crippen LogP contribution in [-0.2, 0) is 30.5 Å². The molecule has 0 saturated carbocycles. The Morgan fingerprint density at radius 1 is 0.652 bits per heavy atom. The fraction of sp³-hybridized carbons (Fsp3) is 0.550. The van der Waals surface area contributed by atoms with Gasteiger partial charge in [0.05, 0.1) is 22.9 Å². The van der Waals surface area contributed by atoms with E-state index < -0.39 is 25.4 Å². The molecule has 0 N–H and O–H groups in total. The van der Waals surface area contributed by atoms with Gasteiger partial charge in [0.15, 0.2) is 0 Å². The maximum atomic E-state index is 6.62. The average molecular weight is 620 g/mol. The van der Waals surface area contributed by atoms with Crippen LogP contribution in [0.4, 0.5) is 0 Å². The minimum atomic E-state index is -0.420. The summed E-state index contributed by atoms with van der Waals surface area (Å²) in [6.45, 7) is 26.2. The standard InChI is InChI=1S/C40H54B2O4/c1-13-14-15-16-17-29-18-25(2)19-30(22-29)40(12)33-23-35(41-43-28(5)37(6,7)44-41)26(3)20-31(33)32-21-27(4)36(24-34(32)40)42-45-38(8,9)39(10,11)46-42/h18-24,28H,13-17H2,1-12H3. The third-order valence-corrected chi connectivity index (χ3v) is 11.7. The lowest BCUT2D eigenvalue weighted by Crippen LogP contribution is -2.41. The summed E-state index contributed by atoms with van der Waals surface area (Å²) in [5.74, 6) is 0. The van der Waals surface area contributed by atoms with Gasteiger partial charge >= 0.3 is 14.2 Å². The molecule has 4 nitrogen and oxygen atoms in total. The van der Waals surface area contributed by atoms with Gasteiger partial charge in [0.2, 0.25) is 0 Å². The Kier molecular flexibility index (Phi) is 8.49. The predicted molar refractivity (Wildman–Crippen MR) is 193 cm³/mol. The highest BCUT2D eigenvalue weighted by molar-refractivity contribution is 6.63. The summed E-state index contributed by atoms with van der Waals surface area (Å²) in [6, 6.07) is 16.8. The third-order valence-electron chi connectivity index (χ3n) is 11.7. The van der Waals surface area contributed by atoms with E-state index in [1.165, 1.54) is 75.8 Å². The van der Waals surface area contributed by atoms with Gasteiger partial charge in [0, 0.05) is 5.41 Å². The minimum Gasteiger partial charge on any atom is -0.402 e. The third kappa shape index (κ3) is 5.51. The second-order valence-electron chi connectivity index (χ2n) is 16.1. The molecule has 0 radical (unpaired) electrons. The Hall–Kier alpha value is -2.37. The van der Waals surface area contributed by atoms with Crippen LogP contribution in [0.15, 0.2) is 42.5 Å². The molecule has 0 bridgehead atoms. The van der Waals surface area contributed by atoms with Crippen molar-refractivity contribution >= 4 is 25.2 Å². The Labute approximate surface area is 279 Å². The van der Waals surface area contributed by atoms with Gasteiger partial charge in [-0.25, -0.2) is 0 Å². The summed E-state index contributed by atoms with van der Waals surface area (Å²) in [6.07, 6.45) is 6.15. The Morgan fingerprint density at radius 3 is 1.74 bits per heavy atom. The van der Waals surface area contributed by atoms with Crippen molar-refractivity contribution in [1.29, 1.82) is 0 Å². The quantitative estimate of drug-likeness (QED) is 0.188. The highest BCUT2D eigenvalue weighted by Crippen LogP contribution is 2.53. The predicted octanol–water partition coefficient (Wildman–Crippen LogP) is 8.28. The molecule has 2 fully saturated rings. The second kappa shape index (κ2) is 11.7. The molecule has 6 heteroatoms. The van der Waals surface area contributed by atoms with Gasteiger partial charge in [-0.3, -0.25) is 0 Å². The summed E-state index contributed by atoms with van der Waals surface area (Å²) in [5, 5.41) is 0. The van der Waals surface area contributed by atoms with E-state index in [1.807, 2.05) is 0 Å². The van der Waals surface area contributed by atoms with E-state index in [4.69, 9.17) is 18.6 Å². The summed E-state index contributed by atoms with van der Waals surface area (Å²) in [7, 11) is -0.812. The fourth-order valence-corrected chi connectivity index (χ4v) is 7.59. The van der Waals surface area contributed by atoms with Crippen molar-refractivity contribution in [3.8, 4) is 11.1 Å². The first-order valence-electron chi connectivity index (χ1n) is 17.6. The first kappa shape index (κ1) is 33.5. The molecular weight excluding hydrogens is 566 g/mol. The van der Waals surface area contributed by atoms with Crippen LogP contribution in [0.5, 0.6) is 0 Å². The van der Waals surface area contributed by atoms with Crippen LogP contribution in [-0.4, -0.2) is 37.1 Å². The van der Waals surface area contributed by atoms with Gasteiger partial charge < -0.3 is 18.6 Å². The van der Waals surface area contributed by atoms with Crippen LogP contribution in [0.2, 0.25) is 0 Å². The van der Waals surface area contributed by atoms with Gasteiger partial charge in [-0.15, -0.1) is 0 Å². The molecule has 3 aromatic carbocycles. The lowest BCUT2D eigenvalue weighted by Gasteiger charge is -2.32. The SMILES string of the molecule is CCCCCCc1cc(C)cc(C2(C)c3cc(B4OC(C)C(C)(C)O4)c(C)cc3-c3cc(C)c(B4OC(C)(C)C(C)(C)O4)cc32)c1. The Morgan fingerprint density at radius 2 is 1.22 bits per heavy atom. The number of hydrogen-bond acceptors (Lipinski definition) is 4. The van der Waals surface area contributed by atoms with Crippen molar-refractivity contribution in [2.24, 2.45) is 0 Å². The van der Waals surface area contributed by atoms with E-state index in [9.17, 15) is 0 Å². The highest BCUT2D eigenvalue weighted by Gasteiger charge is 2.53. The molecule has 0 amide bonds. The van der Waals surface area contributed by atoms with Gasteiger partial charge in [-0.1, -0.05) is 85.3 Å². The molecule has 3 aliphatic rings. The summed E-state index contributed by atoms with van der Waals surface area (Å²) >= 11 is 0. The number of rotatable bonds is 8. The zero-order valence-corrected chi connectivity index (χ0v) is 30.4. The first-order valence-corrected chi connectivity index (χ1v) is 17.6. The highest BCUT2D eigenvalue weighted by atomic mass is 16.7. The van der Waals surface area contributed by atoms with Crippen LogP contribution in [0.1, 0.15) is 127 Å². The van der Waals surface area contributed by atoms with Crippen molar-refractivity contribution in [3.63, 3.8) is 0 Å².